The summed E-state index contributed by atoms with van der Waals surface area (Å²) in [5.41, 5.74) is 1.63. The van der Waals surface area contributed by atoms with Crippen LogP contribution in [0.1, 0.15) is 26.7 Å². The largest absolute Gasteiger partial charge is 0.467 e. The van der Waals surface area contributed by atoms with Gasteiger partial charge < -0.3 is 9.32 Å². The minimum Gasteiger partial charge on any atom is -0.467 e. The molecule has 4 aromatic rings. The summed E-state index contributed by atoms with van der Waals surface area (Å²) < 4.78 is 18.9. The first-order chi connectivity index (χ1) is 13.1. The molecule has 3 heterocycles. The van der Waals surface area contributed by atoms with Crippen LogP contribution in [0.2, 0.25) is 0 Å². The molecule has 0 aliphatic heterocycles. The van der Waals surface area contributed by atoms with Crippen LogP contribution in [0.4, 0.5) is 4.39 Å². The smallest absolute Gasteiger partial charge is 0.256 e. The Morgan fingerprint density at radius 1 is 1.19 bits per heavy atom. The summed E-state index contributed by atoms with van der Waals surface area (Å²) in [6.45, 7) is 2.62. The van der Waals surface area contributed by atoms with E-state index in [4.69, 9.17) is 4.42 Å². The maximum atomic E-state index is 13.5. The lowest BCUT2D eigenvalue weighted by Crippen LogP contribution is -2.30. The summed E-state index contributed by atoms with van der Waals surface area (Å²) in [4.78, 5) is 20.6. The van der Waals surface area contributed by atoms with Gasteiger partial charge in [0.15, 0.2) is 0 Å². The van der Waals surface area contributed by atoms with Gasteiger partial charge in [-0.2, -0.15) is 0 Å². The first kappa shape index (κ1) is 17.4. The third kappa shape index (κ3) is 3.75. The van der Waals surface area contributed by atoms with Gasteiger partial charge in [0.05, 0.1) is 36.1 Å². The molecule has 1 amide bonds. The predicted molar refractivity (Wildman–Crippen MR) is 103 cm³/mol. The van der Waals surface area contributed by atoms with Crippen LogP contribution in [0.3, 0.4) is 0 Å². The highest BCUT2D eigenvalue weighted by Gasteiger charge is 2.21. The Morgan fingerprint density at radius 3 is 2.81 bits per heavy atom. The lowest BCUT2D eigenvalue weighted by atomic mass is 10.1. The van der Waals surface area contributed by atoms with E-state index in [0.717, 1.165) is 10.3 Å². The summed E-state index contributed by atoms with van der Waals surface area (Å²) >= 11 is 1.60. The van der Waals surface area contributed by atoms with Crippen molar-refractivity contribution in [2.75, 3.05) is 0 Å². The van der Waals surface area contributed by atoms with Crippen LogP contribution >= 0.6 is 11.3 Å². The Kier molecular flexibility index (Phi) is 4.73. The number of carbonyl (C=O) groups excluding carboxylic acids is 1. The summed E-state index contributed by atoms with van der Waals surface area (Å²) in [6.07, 6.45) is 1.60. The van der Waals surface area contributed by atoms with Crippen molar-refractivity contribution >= 4 is 28.1 Å². The van der Waals surface area contributed by atoms with E-state index in [1.807, 2.05) is 23.6 Å². The number of aromatic nitrogens is 1. The minimum atomic E-state index is -0.342. The van der Waals surface area contributed by atoms with E-state index in [1.54, 1.807) is 47.6 Å². The van der Waals surface area contributed by atoms with Crippen LogP contribution < -0.4 is 0 Å². The number of fused-ring (bicyclic) bond motifs is 1. The van der Waals surface area contributed by atoms with Crippen LogP contribution in [-0.2, 0) is 13.1 Å². The molecule has 136 valence electrons. The number of amides is 1. The predicted octanol–water partition coefficient (Wildman–Crippen LogP) is 5.18. The fraction of sp³-hybridized carbons (Fsp3) is 0.143. The molecule has 27 heavy (non-hydrogen) atoms. The second kappa shape index (κ2) is 7.32. The molecular weight excluding hydrogens is 363 g/mol. The van der Waals surface area contributed by atoms with E-state index in [-0.39, 0.29) is 11.7 Å². The zero-order valence-corrected chi connectivity index (χ0v) is 15.5. The van der Waals surface area contributed by atoms with Crippen LogP contribution in [0, 0.1) is 12.7 Å². The van der Waals surface area contributed by atoms with Crippen molar-refractivity contribution in [1.29, 1.82) is 0 Å². The number of aryl methyl sites for hydroxylation is 1. The van der Waals surface area contributed by atoms with Gasteiger partial charge in [0, 0.05) is 16.3 Å². The van der Waals surface area contributed by atoms with E-state index in [1.165, 1.54) is 12.1 Å². The van der Waals surface area contributed by atoms with Crippen LogP contribution in [0.25, 0.3) is 10.9 Å². The molecule has 0 aliphatic carbocycles. The summed E-state index contributed by atoms with van der Waals surface area (Å²) in [7, 11) is 0. The van der Waals surface area contributed by atoms with Gasteiger partial charge in [-0.1, -0.05) is 6.07 Å². The number of carbonyl (C=O) groups is 1. The number of benzene rings is 1. The van der Waals surface area contributed by atoms with Crippen molar-refractivity contribution < 1.29 is 13.6 Å². The minimum absolute atomic E-state index is 0.129. The topological polar surface area (TPSA) is 46.3 Å². The Bertz CT molecular complexity index is 1040. The quantitative estimate of drug-likeness (QED) is 0.479. The van der Waals surface area contributed by atoms with E-state index in [9.17, 15) is 9.18 Å². The fourth-order valence-corrected chi connectivity index (χ4v) is 3.72. The third-order valence-corrected chi connectivity index (χ3v) is 5.20. The highest BCUT2D eigenvalue weighted by Crippen LogP contribution is 2.22. The molecule has 0 N–H and O–H groups in total. The zero-order valence-electron chi connectivity index (χ0n) is 14.7. The monoisotopic (exact) mass is 380 g/mol. The van der Waals surface area contributed by atoms with E-state index in [2.05, 4.69) is 4.98 Å². The van der Waals surface area contributed by atoms with Crippen molar-refractivity contribution in [3.05, 3.63) is 87.9 Å². The lowest BCUT2D eigenvalue weighted by molar-refractivity contribution is 0.0718. The molecule has 0 fully saturated rings. The number of furan rings is 1. The molecule has 0 aliphatic rings. The number of thiophene rings is 1. The van der Waals surface area contributed by atoms with Gasteiger partial charge >= 0.3 is 0 Å². The Morgan fingerprint density at radius 2 is 2.07 bits per heavy atom. The van der Waals surface area contributed by atoms with Crippen LogP contribution in [0.15, 0.2) is 64.6 Å². The number of hydrogen-bond donors (Lipinski definition) is 0. The standard InChI is InChI=1S/C21H17FN2O2S/c1-14-19(10-15-6-7-16(22)11-20(15)23-14)21(25)24(12-17-4-2-8-26-17)13-18-5-3-9-27-18/h2-11H,12-13H2,1H3. The average molecular weight is 380 g/mol. The molecular formula is C21H17FN2O2S. The number of rotatable bonds is 5. The van der Waals surface area contributed by atoms with Gasteiger partial charge in [0.1, 0.15) is 11.6 Å². The van der Waals surface area contributed by atoms with Crippen molar-refractivity contribution in [2.45, 2.75) is 20.0 Å². The van der Waals surface area contributed by atoms with E-state index < -0.39 is 0 Å². The van der Waals surface area contributed by atoms with Crippen LogP contribution in [-0.4, -0.2) is 15.8 Å². The van der Waals surface area contributed by atoms with Crippen LogP contribution in [0.5, 0.6) is 0 Å². The molecule has 4 rings (SSSR count). The molecule has 6 heteroatoms. The maximum Gasteiger partial charge on any atom is 0.256 e. The second-order valence-corrected chi connectivity index (χ2v) is 7.31. The second-order valence-electron chi connectivity index (χ2n) is 6.28. The molecule has 3 aromatic heterocycles. The third-order valence-electron chi connectivity index (χ3n) is 4.34. The van der Waals surface area contributed by atoms with Crippen molar-refractivity contribution in [1.82, 2.24) is 9.88 Å². The van der Waals surface area contributed by atoms with Crippen molar-refractivity contribution in [3.63, 3.8) is 0 Å². The first-order valence-corrected chi connectivity index (χ1v) is 9.39. The van der Waals surface area contributed by atoms with Gasteiger partial charge in [-0.15, -0.1) is 11.3 Å². The molecule has 0 atom stereocenters. The Labute approximate surface area is 159 Å². The van der Waals surface area contributed by atoms with E-state index in [0.29, 0.717) is 35.6 Å². The zero-order chi connectivity index (χ0) is 18.8. The van der Waals surface area contributed by atoms with Gasteiger partial charge in [-0.25, -0.2) is 4.39 Å². The SMILES string of the molecule is Cc1nc2cc(F)ccc2cc1C(=O)N(Cc1ccco1)Cc1cccs1. The Hall–Kier alpha value is -2.99. The van der Waals surface area contributed by atoms with Crippen molar-refractivity contribution in [2.24, 2.45) is 0 Å². The highest BCUT2D eigenvalue weighted by atomic mass is 32.1. The van der Waals surface area contributed by atoms with Gasteiger partial charge in [-0.3, -0.25) is 9.78 Å². The normalized spacial score (nSPS) is 11.0. The average Bonchev–Trinajstić information content (AvgIpc) is 3.34. The molecule has 0 unspecified atom stereocenters. The summed E-state index contributed by atoms with van der Waals surface area (Å²) in [5.74, 6) is 0.245. The van der Waals surface area contributed by atoms with Gasteiger partial charge in [0.2, 0.25) is 0 Å². The highest BCUT2D eigenvalue weighted by molar-refractivity contribution is 7.09. The summed E-state index contributed by atoms with van der Waals surface area (Å²) in [6, 6.07) is 13.8. The molecule has 4 nitrogen and oxygen atoms in total. The number of pyridine rings is 1. The first-order valence-electron chi connectivity index (χ1n) is 8.51. The fourth-order valence-electron chi connectivity index (χ4n) is 3.00. The molecule has 0 saturated heterocycles. The molecule has 1 aromatic carbocycles. The van der Waals surface area contributed by atoms with Crippen molar-refractivity contribution in [3.8, 4) is 0 Å². The molecule has 0 bridgehead atoms. The number of nitrogens with zero attached hydrogens (tertiary/aromatic N) is 2. The molecule has 0 radical (unpaired) electrons. The maximum absolute atomic E-state index is 13.5. The lowest BCUT2D eigenvalue weighted by Gasteiger charge is -2.22. The molecule has 0 spiro atoms. The molecule has 0 saturated carbocycles. The van der Waals surface area contributed by atoms with Gasteiger partial charge in [-0.05, 0) is 48.7 Å². The van der Waals surface area contributed by atoms with E-state index >= 15 is 0 Å². The number of hydrogen-bond acceptors (Lipinski definition) is 4. The number of halogens is 1. The Balaban J connectivity index is 1.70. The summed E-state index contributed by atoms with van der Waals surface area (Å²) in [5, 5.41) is 2.72. The van der Waals surface area contributed by atoms with Gasteiger partial charge in [0.25, 0.3) is 5.91 Å².